The topological polar surface area (TPSA) is 193 Å². The molecular weight excluding hydrogens is 1200 g/mol. The number of carbonyl (C=O) groups is 5. The highest BCUT2D eigenvalue weighted by Gasteiger charge is 2.51. The van der Waals surface area contributed by atoms with E-state index in [2.05, 4.69) is 36.9 Å². The van der Waals surface area contributed by atoms with Gasteiger partial charge in [0.15, 0.2) is 17.1 Å². The van der Waals surface area contributed by atoms with Crippen molar-refractivity contribution >= 4 is 29.7 Å². The van der Waals surface area contributed by atoms with E-state index in [9.17, 15) is 24.0 Å². The Morgan fingerprint density at radius 1 is 0.448 bits per heavy atom. The van der Waals surface area contributed by atoms with Gasteiger partial charge < -0.3 is 25.4 Å². The number of hydrogen-bond acceptors (Lipinski definition) is 10. The van der Waals surface area contributed by atoms with E-state index < -0.39 is 5.60 Å². The van der Waals surface area contributed by atoms with Gasteiger partial charge in [-0.2, -0.15) is 15.3 Å². The van der Waals surface area contributed by atoms with E-state index in [-0.39, 0.29) is 47.6 Å². The molecule has 0 aromatic carbocycles. The molecule has 12 saturated carbocycles. The Morgan fingerprint density at radius 3 is 1.22 bits per heavy atom. The molecule has 3 heterocycles. The van der Waals surface area contributed by atoms with Crippen LogP contribution in [0.2, 0.25) is 0 Å². The lowest BCUT2D eigenvalue weighted by molar-refractivity contribution is -0.160. The van der Waals surface area contributed by atoms with Crippen LogP contribution in [-0.2, 0) is 57.6 Å². The fraction of sp³-hybridized carbons (Fsp3) is 0.825. The number of rotatable bonds is 14. The van der Waals surface area contributed by atoms with Gasteiger partial charge in [0.25, 0.3) is 17.7 Å². The molecule has 8 bridgehead atoms. The van der Waals surface area contributed by atoms with E-state index in [0.717, 1.165) is 111 Å². The normalized spacial score (nSPS) is 31.4. The number of hydrogen-bond donors (Lipinski definition) is 3. The fourth-order valence-corrected chi connectivity index (χ4v) is 22.5. The number of ether oxygens (including phenoxy) is 2. The van der Waals surface area contributed by atoms with E-state index in [4.69, 9.17) is 24.8 Å². The molecule has 3 aromatic rings. The highest BCUT2D eigenvalue weighted by Crippen LogP contribution is 2.55. The maximum absolute atomic E-state index is 13.8. The first-order valence-electron chi connectivity index (χ1n) is 40.2. The molecule has 3 aromatic heterocycles. The molecule has 0 aliphatic heterocycles. The lowest BCUT2D eigenvalue weighted by atomic mass is 9.54. The Bertz CT molecular complexity index is 3180. The van der Waals surface area contributed by atoms with Crippen LogP contribution < -0.4 is 16.0 Å². The summed E-state index contributed by atoms with van der Waals surface area (Å²) >= 11 is 0. The molecular formula is C80H121N9O7. The summed E-state index contributed by atoms with van der Waals surface area (Å²) in [6.45, 7) is 11.8. The molecule has 15 aliphatic rings. The van der Waals surface area contributed by atoms with Crippen molar-refractivity contribution in [2.24, 2.45) is 65.1 Å². The molecule has 3 atom stereocenters. The Labute approximate surface area is 574 Å². The summed E-state index contributed by atoms with van der Waals surface area (Å²) in [5.41, 5.74) is 8.52. The van der Waals surface area contributed by atoms with Crippen molar-refractivity contribution in [1.29, 1.82) is 0 Å². The molecule has 16 nitrogen and oxygen atoms in total. The minimum absolute atomic E-state index is 0.00107. The summed E-state index contributed by atoms with van der Waals surface area (Å²) < 4.78 is 18.0. The fourth-order valence-electron chi connectivity index (χ4n) is 22.5. The van der Waals surface area contributed by atoms with E-state index in [1.807, 2.05) is 34.6 Å². The second-order valence-corrected chi connectivity index (χ2v) is 34.9. The number of aromatic nitrogens is 6. The van der Waals surface area contributed by atoms with Crippen molar-refractivity contribution in [3.05, 3.63) is 50.9 Å². The number of nitrogens with one attached hydrogen (secondary N) is 3. The van der Waals surface area contributed by atoms with Gasteiger partial charge in [0.1, 0.15) is 5.60 Å². The average molecular weight is 1320 g/mol. The SMILES string of the molecule is CC(C)(C)OC(=O)C1CCc2c(c(C(=O)NC3C4CC5CC(C4)CC3C5)nn2C2CCCCC2)C1.CC(C)OC(=O)C1CCc2c(c(C(=O)NC3C4CC5CC(C4)CC3C5)nn2C2CCCCC2)C1.CCC(NC(=O)c1nn(C2CCCCC2)c2c1CCCC2)C1CCCCC1. The van der Waals surface area contributed by atoms with Crippen molar-refractivity contribution in [1.82, 2.24) is 45.3 Å². The van der Waals surface area contributed by atoms with Gasteiger partial charge in [0.2, 0.25) is 0 Å². The quantitative estimate of drug-likeness (QED) is 0.131. The Kier molecular flexibility index (Phi) is 21.0. The molecule has 18 rings (SSSR count). The van der Waals surface area contributed by atoms with Gasteiger partial charge in [-0.15, -0.1) is 0 Å². The van der Waals surface area contributed by atoms with Crippen molar-refractivity contribution in [2.75, 3.05) is 0 Å². The van der Waals surface area contributed by atoms with Gasteiger partial charge >= 0.3 is 11.9 Å². The predicted molar refractivity (Wildman–Crippen MR) is 373 cm³/mol. The van der Waals surface area contributed by atoms with Crippen LogP contribution in [0.15, 0.2) is 0 Å². The minimum atomic E-state index is -0.497. The van der Waals surface area contributed by atoms with Crippen LogP contribution in [0, 0.1) is 65.1 Å². The Balaban J connectivity index is 0.000000125. The zero-order valence-corrected chi connectivity index (χ0v) is 59.9. The molecule has 15 aliphatic carbocycles. The molecule has 3 N–H and O–H groups in total. The summed E-state index contributed by atoms with van der Waals surface area (Å²) in [5.74, 6) is 6.24. The number of esters is 2. The van der Waals surface area contributed by atoms with Crippen molar-refractivity contribution in [2.45, 2.75) is 353 Å². The molecule has 96 heavy (non-hydrogen) atoms. The monoisotopic (exact) mass is 1320 g/mol. The Hall–Kier alpha value is -5.02. The summed E-state index contributed by atoms with van der Waals surface area (Å²) in [7, 11) is 0. The van der Waals surface area contributed by atoms with E-state index in [1.54, 1.807) is 0 Å². The number of amides is 3. The first-order valence-corrected chi connectivity index (χ1v) is 40.2. The largest absolute Gasteiger partial charge is 0.463 e. The smallest absolute Gasteiger partial charge is 0.309 e. The van der Waals surface area contributed by atoms with Crippen LogP contribution in [0.1, 0.15) is 350 Å². The first kappa shape index (κ1) is 68.1. The lowest BCUT2D eigenvalue weighted by Crippen LogP contribution is -2.56. The number of fused-ring (bicyclic) bond motifs is 3. The molecule has 0 spiro atoms. The minimum Gasteiger partial charge on any atom is -0.463 e. The molecule has 0 saturated heterocycles. The van der Waals surface area contributed by atoms with Crippen molar-refractivity contribution in [3.63, 3.8) is 0 Å². The van der Waals surface area contributed by atoms with E-state index in [0.29, 0.717) is 90.1 Å². The van der Waals surface area contributed by atoms with Gasteiger partial charge in [-0.25, -0.2) is 0 Å². The van der Waals surface area contributed by atoms with Crippen LogP contribution >= 0.6 is 0 Å². The van der Waals surface area contributed by atoms with Crippen LogP contribution in [0.4, 0.5) is 0 Å². The second-order valence-electron chi connectivity index (χ2n) is 34.9. The maximum atomic E-state index is 13.8. The van der Waals surface area contributed by atoms with Gasteiger partial charge in [-0.3, -0.25) is 38.0 Å². The Morgan fingerprint density at radius 2 is 0.823 bits per heavy atom. The third-order valence-corrected chi connectivity index (χ3v) is 26.7. The molecule has 0 radical (unpaired) electrons. The van der Waals surface area contributed by atoms with E-state index >= 15 is 0 Å². The highest BCUT2D eigenvalue weighted by molar-refractivity contribution is 5.96. The molecule has 12 fully saturated rings. The van der Waals surface area contributed by atoms with Crippen LogP contribution in [0.25, 0.3) is 0 Å². The van der Waals surface area contributed by atoms with Gasteiger partial charge in [0, 0.05) is 51.9 Å². The zero-order valence-electron chi connectivity index (χ0n) is 59.9. The molecule has 16 heteroatoms. The summed E-state index contributed by atoms with van der Waals surface area (Å²) in [4.78, 5) is 66.5. The third kappa shape index (κ3) is 14.9. The van der Waals surface area contributed by atoms with Crippen LogP contribution in [0.5, 0.6) is 0 Å². The average Bonchev–Trinajstić information content (AvgIpc) is 0.870. The zero-order chi connectivity index (χ0) is 66.4. The first-order chi connectivity index (χ1) is 46.5. The maximum Gasteiger partial charge on any atom is 0.309 e. The molecule has 3 amide bonds. The molecule has 3 unspecified atom stereocenters. The lowest BCUT2D eigenvalue weighted by Gasteiger charge is -2.54. The molecule has 528 valence electrons. The standard InChI is InChI=1S/C29H43N3O3.C28H41N3O3.C23H37N3O/c1-29(2,3)35-28(34)19-9-10-24-23(16-19)26(31-32(24)22-7-5-4-6-8-22)27(33)30-25-20-12-17-11-18(14-20)15-21(25)13-17;1-16(2)34-28(33)19-8-9-24-23(15-19)26(30-31(24)22-6-4-3-5-7-22)27(32)29-25-20-11-17-10-18(13-20)14-21(25)12-17;1-2-20(17-11-5-3-6-12-17)24-23(27)22-19-15-9-10-16-21(19)26(25-22)18-13-7-4-8-14-18/h17-22,25H,4-16H2,1-3H3,(H,30,33);16-22,25H,3-15H2,1-2H3,(H,29,32);17-18,20H,2-16H2,1H3,(H,24,27). The summed E-state index contributed by atoms with van der Waals surface area (Å²) in [6, 6.07) is 2.23. The summed E-state index contributed by atoms with van der Waals surface area (Å²) in [6.07, 6.45) is 48.0. The number of carbonyl (C=O) groups excluding carboxylic acids is 5. The third-order valence-electron chi connectivity index (χ3n) is 26.7. The van der Waals surface area contributed by atoms with Gasteiger partial charge in [0.05, 0.1) is 36.1 Å². The second kappa shape index (κ2) is 29.7. The van der Waals surface area contributed by atoms with Crippen LogP contribution in [0.3, 0.4) is 0 Å². The summed E-state index contributed by atoms with van der Waals surface area (Å²) in [5, 5.41) is 25.4. The van der Waals surface area contributed by atoms with E-state index in [1.165, 1.54) is 202 Å². The van der Waals surface area contributed by atoms with Crippen molar-refractivity contribution in [3.8, 4) is 0 Å². The van der Waals surface area contributed by atoms with Gasteiger partial charge in [-0.1, -0.05) is 84.0 Å². The predicted octanol–water partition coefficient (Wildman–Crippen LogP) is 15.7. The van der Waals surface area contributed by atoms with Gasteiger partial charge in [-0.05, 0) is 274 Å². The van der Waals surface area contributed by atoms with Crippen LogP contribution in [-0.4, -0.2) is 88.8 Å². The number of nitrogens with zero attached hydrogens (tertiary/aromatic N) is 6. The highest BCUT2D eigenvalue weighted by atomic mass is 16.6. The van der Waals surface area contributed by atoms with Crippen molar-refractivity contribution < 1.29 is 33.4 Å².